The maximum atomic E-state index is 8.77. The van der Waals surface area contributed by atoms with E-state index in [1.165, 1.54) is 65.6 Å². The van der Waals surface area contributed by atoms with E-state index in [0.29, 0.717) is 22.6 Å². The zero-order valence-corrected chi connectivity index (χ0v) is 46.8. The summed E-state index contributed by atoms with van der Waals surface area (Å²) in [5.74, 6) is 1.36. The average molecular weight is 1050 g/mol. The van der Waals surface area contributed by atoms with Crippen molar-refractivity contribution in [3.05, 3.63) is 209 Å². The fourth-order valence-corrected chi connectivity index (χ4v) is 16.9. The first-order valence-corrected chi connectivity index (χ1v) is 29.5. The summed E-state index contributed by atoms with van der Waals surface area (Å²) < 4.78 is 15.6. The van der Waals surface area contributed by atoms with E-state index in [9.17, 15) is 0 Å². The van der Waals surface area contributed by atoms with Crippen LogP contribution in [0.15, 0.2) is 197 Å². The van der Waals surface area contributed by atoms with Gasteiger partial charge in [-0.2, -0.15) is 0 Å². The lowest BCUT2D eigenvalue weighted by atomic mass is 9.64. The first-order chi connectivity index (χ1) is 35.2. The Hall–Kier alpha value is -4.95. The van der Waals surface area contributed by atoms with E-state index in [2.05, 4.69) is 185 Å². The summed E-state index contributed by atoms with van der Waals surface area (Å²) in [6.45, 7) is 22.8. The van der Waals surface area contributed by atoms with Crippen molar-refractivity contribution in [2.45, 2.75) is 108 Å². The summed E-state index contributed by atoms with van der Waals surface area (Å²) in [7, 11) is 0. The van der Waals surface area contributed by atoms with Crippen molar-refractivity contribution in [1.82, 2.24) is 9.53 Å². The van der Waals surface area contributed by atoms with Crippen molar-refractivity contribution in [3.63, 3.8) is 0 Å². The van der Waals surface area contributed by atoms with Gasteiger partial charge in [-0.1, -0.05) is 154 Å². The maximum Gasteiger partial charge on any atom is 0.562 e. The van der Waals surface area contributed by atoms with E-state index in [0.717, 1.165) is 68.5 Å². The van der Waals surface area contributed by atoms with Gasteiger partial charge >= 0.3 is 6.33 Å². The molecule has 2 N–H and O–H groups in total. The molecule has 7 unspecified atom stereocenters. The minimum absolute atomic E-state index is 0.0298. The Kier molecular flexibility index (Phi) is 12.8. The summed E-state index contributed by atoms with van der Waals surface area (Å²) in [5, 5.41) is 9.43. The molecule has 1 aromatic carbocycles. The molecule has 0 radical (unpaired) electrons. The molecule has 0 saturated heterocycles. The summed E-state index contributed by atoms with van der Waals surface area (Å²) in [6.07, 6.45) is 36.7. The Bertz CT molecular complexity index is 3390. The van der Waals surface area contributed by atoms with Crippen LogP contribution in [0.1, 0.15) is 101 Å². The Morgan fingerprint density at radius 2 is 1.89 bits per heavy atom. The monoisotopic (exact) mass is 1050 g/mol. The molecule has 10 aliphatic rings. The van der Waals surface area contributed by atoms with Crippen LogP contribution in [0.3, 0.4) is 0 Å². The van der Waals surface area contributed by atoms with Crippen molar-refractivity contribution < 1.29 is 4.65 Å². The molecule has 6 nitrogen and oxygen atoms in total. The summed E-state index contributed by atoms with van der Waals surface area (Å²) in [6, 6.07) is 9.60. The fourth-order valence-electron chi connectivity index (χ4n) is 12.1. The second-order valence-corrected chi connectivity index (χ2v) is 25.9. The van der Waals surface area contributed by atoms with Crippen LogP contribution in [0, 0.1) is 17.2 Å². The number of benzene rings is 1. The molecule has 12 rings (SSSR count). The van der Waals surface area contributed by atoms with Crippen molar-refractivity contribution >= 4 is 99.9 Å². The van der Waals surface area contributed by atoms with E-state index in [-0.39, 0.29) is 35.0 Å². The lowest BCUT2D eigenvalue weighted by Gasteiger charge is -2.39. The quantitative estimate of drug-likeness (QED) is 0.0844. The minimum atomic E-state index is -0.364. The molecule has 4 aliphatic carbocycles. The summed E-state index contributed by atoms with van der Waals surface area (Å²) in [5.41, 5.74) is 19.9. The number of allylic oxidation sites excluding steroid dienone is 20. The number of hydrogen-bond donors (Lipinski definition) is 3. The molecule has 368 valence electrons. The van der Waals surface area contributed by atoms with Gasteiger partial charge in [-0.25, -0.2) is 9.39 Å². The lowest BCUT2D eigenvalue weighted by molar-refractivity contribution is 0.356. The largest absolute Gasteiger partial charge is 0.562 e. The normalized spacial score (nSPS) is 30.4. The third kappa shape index (κ3) is 8.38. The van der Waals surface area contributed by atoms with E-state index in [1.807, 2.05) is 35.9 Å². The highest BCUT2D eigenvalue weighted by Crippen LogP contribution is 2.58. The molecule has 7 atom stereocenters. The number of thioether (sulfide) groups is 1. The standard InChI is InChI=1S/C61H60BN5OS5/c1-10-11-32(2)22-34(4)38(8)40-16-19-45-47(25-40)58-60-56(31-55(71-60)41-17-21-49(65-69)48(63)26-41)72-62-67(58)52(45)29-51-44-20-18-43(61(9)35(5)23-33(3)24-36(61)6)28-46(44)57(64-51)59-53(68-62)30-54(70-59)42-15-14-39-13-12-37(7)73-66-50(39)27-42/h11,13-29,31,35,37,45,50,52,54,63,66,69H,8,10,12,30H2,1-7,9H3/b32-11-,34-22-,51-29-,63-48?,65-49-. The van der Waals surface area contributed by atoms with Gasteiger partial charge < -0.3 is 9.47 Å². The molecule has 0 amide bonds. The zero-order chi connectivity index (χ0) is 50.6. The lowest BCUT2D eigenvalue weighted by Crippen LogP contribution is -2.45. The van der Waals surface area contributed by atoms with E-state index < -0.39 is 0 Å². The fraction of sp³-hybridized carbons (Fsp3) is 0.295. The van der Waals surface area contributed by atoms with Crippen molar-refractivity contribution in [2.75, 3.05) is 0 Å². The molecule has 1 aromatic heterocycles. The van der Waals surface area contributed by atoms with Gasteiger partial charge in [-0.3, -0.25) is 10.1 Å². The van der Waals surface area contributed by atoms with Gasteiger partial charge in [0.25, 0.3) is 0 Å². The van der Waals surface area contributed by atoms with Crippen molar-refractivity contribution in [3.8, 4) is 0 Å². The minimum Gasteiger partial charge on any atom is -0.535 e. The highest BCUT2D eigenvalue weighted by molar-refractivity contribution is 8.24. The number of fused-ring (bicyclic) bond motifs is 10. The van der Waals surface area contributed by atoms with Gasteiger partial charge in [-0.05, 0) is 140 Å². The van der Waals surface area contributed by atoms with Crippen molar-refractivity contribution in [1.29, 1.82) is 5.41 Å². The molecule has 6 aliphatic heterocycles. The summed E-state index contributed by atoms with van der Waals surface area (Å²) >= 11 is 11.5. The van der Waals surface area contributed by atoms with Gasteiger partial charge in [-0.15, -0.1) is 23.1 Å². The maximum absolute atomic E-state index is 8.77. The Balaban J connectivity index is 1.02. The van der Waals surface area contributed by atoms with Crippen LogP contribution in [-0.4, -0.2) is 50.9 Å². The number of aliphatic imine (C=N–C) groups is 1. The molecule has 0 fully saturated rings. The number of nitrogens with one attached hydrogen (secondary N) is 2. The highest BCUT2D eigenvalue weighted by Gasteiger charge is 2.53. The third-order valence-corrected chi connectivity index (χ3v) is 21.3. The van der Waals surface area contributed by atoms with Crippen LogP contribution in [0.5, 0.6) is 0 Å². The topological polar surface area (TPSA) is 73.1 Å². The molecule has 0 spiro atoms. The van der Waals surface area contributed by atoms with Crippen molar-refractivity contribution in [2.24, 2.45) is 21.2 Å². The Labute approximate surface area is 454 Å². The number of hydrogen-bond acceptors (Lipinski definition) is 11. The third-order valence-electron chi connectivity index (χ3n) is 16.3. The number of thiol groups is 1. The van der Waals surface area contributed by atoms with E-state index in [4.69, 9.17) is 21.6 Å². The van der Waals surface area contributed by atoms with Gasteiger partial charge in [0.05, 0.1) is 56.2 Å². The van der Waals surface area contributed by atoms with Crippen LogP contribution < -0.4 is 4.72 Å². The van der Waals surface area contributed by atoms with Crippen LogP contribution in [-0.2, 0) is 10.1 Å². The molecule has 7 heterocycles. The van der Waals surface area contributed by atoms with Crippen LogP contribution in [0.2, 0.25) is 0 Å². The predicted molar refractivity (Wildman–Crippen MR) is 320 cm³/mol. The number of nitrogens with zero attached hydrogens (tertiary/aromatic N) is 3. The van der Waals surface area contributed by atoms with E-state index >= 15 is 0 Å². The molecule has 73 heavy (non-hydrogen) atoms. The van der Waals surface area contributed by atoms with Gasteiger partial charge in [0.1, 0.15) is 0 Å². The van der Waals surface area contributed by atoms with Crippen LogP contribution in [0.25, 0.3) is 17.0 Å². The molecule has 2 aromatic rings. The molecule has 2 bridgehead atoms. The predicted octanol–water partition coefficient (Wildman–Crippen LogP) is 15.7. The molecular formula is C61H60BN5OS5. The smallest absolute Gasteiger partial charge is 0.535 e. The first kappa shape index (κ1) is 49.0. The van der Waals surface area contributed by atoms with Gasteiger partial charge in [0, 0.05) is 49.2 Å². The zero-order valence-electron chi connectivity index (χ0n) is 42.7. The molecule has 12 heteroatoms. The average Bonchev–Trinajstić information content (AvgIpc) is 4.13. The van der Waals surface area contributed by atoms with Gasteiger partial charge in [0.15, 0.2) is 0 Å². The highest BCUT2D eigenvalue weighted by atomic mass is 32.2. The first-order valence-electron chi connectivity index (χ1n) is 25.6. The Morgan fingerprint density at radius 3 is 2.68 bits per heavy atom. The summed E-state index contributed by atoms with van der Waals surface area (Å²) in [4.78, 5) is 13.0. The second kappa shape index (κ2) is 19.0. The Morgan fingerprint density at radius 1 is 1.05 bits per heavy atom. The second-order valence-electron chi connectivity index (χ2n) is 21.1. The van der Waals surface area contributed by atoms with Crippen LogP contribution in [0.4, 0.5) is 0 Å². The SMILES string of the molecule is C=C(C1=CC2=C3c4sc(C5=CC(=N)/C(=N\S)C=C5)cc4SB4OC5=C(SC(C6=CC7NSC(C)CC=C7C=C6)C5)C5=N/C(=C\C(C2C=C1)N43)c1ccc(C2(C)C(C)=CC(C)=CC2C)cc15)/C(C)=C\C(C)=C/CC. The molecular weight excluding hydrogens is 990 g/mol. The van der Waals surface area contributed by atoms with Gasteiger partial charge in [0.2, 0.25) is 0 Å². The molecule has 0 saturated carbocycles. The van der Waals surface area contributed by atoms with E-state index in [1.54, 1.807) is 22.9 Å². The van der Waals surface area contributed by atoms with Crippen LogP contribution >= 0.6 is 59.5 Å². The number of thiophene rings is 1. The number of rotatable bonds is 7.